The normalized spacial score (nSPS) is 10.7. The van der Waals surface area contributed by atoms with E-state index in [0.717, 1.165) is 16.7 Å². The van der Waals surface area contributed by atoms with Crippen LogP contribution in [0, 0.1) is 13.8 Å². The van der Waals surface area contributed by atoms with Crippen LogP contribution in [-0.2, 0) is 0 Å². The standard InChI is InChI=1S/C9H10N2/c1-6-5-9-8(3-4-10-9)11-7(6)2/h3-5,10H,1-2H3. The minimum Gasteiger partial charge on any atom is -0.360 e. The average molecular weight is 146 g/mol. The predicted octanol–water partition coefficient (Wildman–Crippen LogP) is 2.18. The summed E-state index contributed by atoms with van der Waals surface area (Å²) < 4.78 is 0. The van der Waals surface area contributed by atoms with Crippen molar-refractivity contribution in [1.82, 2.24) is 9.97 Å². The van der Waals surface area contributed by atoms with Crippen molar-refractivity contribution in [2.24, 2.45) is 0 Å². The van der Waals surface area contributed by atoms with E-state index < -0.39 is 0 Å². The van der Waals surface area contributed by atoms with Crippen LogP contribution in [0.3, 0.4) is 0 Å². The molecular weight excluding hydrogens is 136 g/mol. The molecule has 0 unspecified atom stereocenters. The summed E-state index contributed by atoms with van der Waals surface area (Å²) in [7, 11) is 0. The average Bonchev–Trinajstić information content (AvgIpc) is 2.36. The molecule has 0 spiro atoms. The van der Waals surface area contributed by atoms with Gasteiger partial charge in [0, 0.05) is 11.9 Å². The second-order valence-corrected chi connectivity index (χ2v) is 2.80. The summed E-state index contributed by atoms with van der Waals surface area (Å²) in [6, 6.07) is 4.11. The van der Waals surface area contributed by atoms with Gasteiger partial charge in [0.15, 0.2) is 0 Å². The first kappa shape index (κ1) is 6.40. The maximum atomic E-state index is 4.40. The molecule has 2 aromatic heterocycles. The van der Waals surface area contributed by atoms with Crippen LogP contribution in [0.5, 0.6) is 0 Å². The van der Waals surface area contributed by atoms with Gasteiger partial charge in [-0.05, 0) is 31.5 Å². The molecule has 2 aromatic rings. The Morgan fingerprint density at radius 1 is 1.36 bits per heavy atom. The summed E-state index contributed by atoms with van der Waals surface area (Å²) in [6.45, 7) is 4.10. The van der Waals surface area contributed by atoms with E-state index in [9.17, 15) is 0 Å². The highest BCUT2D eigenvalue weighted by Crippen LogP contribution is 2.13. The third-order valence-electron chi connectivity index (χ3n) is 1.98. The molecule has 0 amide bonds. The maximum absolute atomic E-state index is 4.40. The minimum absolute atomic E-state index is 1.05. The minimum atomic E-state index is 1.05. The van der Waals surface area contributed by atoms with Gasteiger partial charge in [0.05, 0.1) is 11.0 Å². The van der Waals surface area contributed by atoms with Crippen LogP contribution in [0.25, 0.3) is 11.0 Å². The molecule has 11 heavy (non-hydrogen) atoms. The van der Waals surface area contributed by atoms with E-state index in [4.69, 9.17) is 0 Å². The molecule has 0 saturated carbocycles. The third kappa shape index (κ3) is 0.909. The first-order valence-corrected chi connectivity index (χ1v) is 3.69. The number of hydrogen-bond acceptors (Lipinski definition) is 1. The monoisotopic (exact) mass is 146 g/mol. The summed E-state index contributed by atoms with van der Waals surface area (Å²) in [5, 5.41) is 0. The first-order valence-electron chi connectivity index (χ1n) is 3.69. The Kier molecular flexibility index (Phi) is 1.22. The number of fused-ring (bicyclic) bond motifs is 1. The number of aryl methyl sites for hydroxylation is 2. The number of nitrogens with zero attached hydrogens (tertiary/aromatic N) is 1. The van der Waals surface area contributed by atoms with Crippen molar-refractivity contribution >= 4 is 11.0 Å². The molecule has 0 radical (unpaired) electrons. The molecule has 2 nitrogen and oxygen atoms in total. The summed E-state index contributed by atoms with van der Waals surface area (Å²) in [4.78, 5) is 7.53. The molecule has 0 aliphatic heterocycles. The van der Waals surface area contributed by atoms with E-state index in [1.165, 1.54) is 5.56 Å². The lowest BCUT2D eigenvalue weighted by molar-refractivity contribution is 1.20. The molecule has 56 valence electrons. The van der Waals surface area contributed by atoms with Gasteiger partial charge < -0.3 is 4.98 Å². The van der Waals surface area contributed by atoms with Crippen LogP contribution in [0.4, 0.5) is 0 Å². The molecule has 0 saturated heterocycles. The Morgan fingerprint density at radius 3 is 3.00 bits per heavy atom. The summed E-state index contributed by atoms with van der Waals surface area (Å²) in [5.41, 5.74) is 4.51. The van der Waals surface area contributed by atoms with E-state index in [-0.39, 0.29) is 0 Å². The summed E-state index contributed by atoms with van der Waals surface area (Å²) in [6.07, 6.45) is 1.91. The highest BCUT2D eigenvalue weighted by atomic mass is 14.8. The van der Waals surface area contributed by atoms with Crippen LogP contribution >= 0.6 is 0 Å². The topological polar surface area (TPSA) is 28.7 Å². The van der Waals surface area contributed by atoms with Crippen LogP contribution in [0.2, 0.25) is 0 Å². The van der Waals surface area contributed by atoms with Crippen LogP contribution < -0.4 is 0 Å². The fraction of sp³-hybridized carbons (Fsp3) is 0.222. The molecule has 0 bridgehead atoms. The van der Waals surface area contributed by atoms with Gasteiger partial charge in [-0.15, -0.1) is 0 Å². The van der Waals surface area contributed by atoms with Gasteiger partial charge in [0.2, 0.25) is 0 Å². The molecule has 1 N–H and O–H groups in total. The van der Waals surface area contributed by atoms with Gasteiger partial charge in [-0.25, -0.2) is 0 Å². The van der Waals surface area contributed by atoms with Crippen molar-refractivity contribution in [3.05, 3.63) is 29.6 Å². The van der Waals surface area contributed by atoms with E-state index >= 15 is 0 Å². The van der Waals surface area contributed by atoms with Gasteiger partial charge in [-0.1, -0.05) is 0 Å². The van der Waals surface area contributed by atoms with Crippen molar-refractivity contribution < 1.29 is 0 Å². The zero-order valence-electron chi connectivity index (χ0n) is 6.68. The second-order valence-electron chi connectivity index (χ2n) is 2.80. The predicted molar refractivity (Wildman–Crippen MR) is 45.6 cm³/mol. The smallest absolute Gasteiger partial charge is 0.0882 e. The van der Waals surface area contributed by atoms with E-state index in [0.29, 0.717) is 0 Å². The Morgan fingerprint density at radius 2 is 2.18 bits per heavy atom. The van der Waals surface area contributed by atoms with Gasteiger partial charge >= 0.3 is 0 Å². The number of aromatic nitrogens is 2. The molecule has 0 aliphatic carbocycles. The highest BCUT2D eigenvalue weighted by molar-refractivity contribution is 5.75. The van der Waals surface area contributed by atoms with Crippen molar-refractivity contribution in [1.29, 1.82) is 0 Å². The van der Waals surface area contributed by atoms with Crippen molar-refractivity contribution in [3.63, 3.8) is 0 Å². The van der Waals surface area contributed by atoms with Gasteiger partial charge in [0.1, 0.15) is 0 Å². The number of hydrogen-bond donors (Lipinski definition) is 1. The Labute approximate surface area is 65.3 Å². The quantitative estimate of drug-likeness (QED) is 0.606. The lowest BCUT2D eigenvalue weighted by atomic mass is 10.2. The molecule has 0 fully saturated rings. The van der Waals surface area contributed by atoms with E-state index in [2.05, 4.69) is 23.0 Å². The highest BCUT2D eigenvalue weighted by Gasteiger charge is 1.98. The molecule has 0 aromatic carbocycles. The second kappa shape index (κ2) is 2.09. The molecule has 2 rings (SSSR count). The zero-order chi connectivity index (χ0) is 7.84. The van der Waals surface area contributed by atoms with Gasteiger partial charge in [-0.3, -0.25) is 4.98 Å². The zero-order valence-corrected chi connectivity index (χ0v) is 6.68. The largest absolute Gasteiger partial charge is 0.360 e. The Bertz CT molecular complexity index is 351. The van der Waals surface area contributed by atoms with Crippen LogP contribution in [-0.4, -0.2) is 9.97 Å². The molecule has 0 atom stereocenters. The third-order valence-corrected chi connectivity index (χ3v) is 1.98. The van der Waals surface area contributed by atoms with Crippen LogP contribution in [0.1, 0.15) is 11.3 Å². The fourth-order valence-corrected chi connectivity index (χ4v) is 1.18. The van der Waals surface area contributed by atoms with Crippen molar-refractivity contribution in [2.75, 3.05) is 0 Å². The first-order chi connectivity index (χ1) is 5.27. The van der Waals surface area contributed by atoms with Gasteiger partial charge in [-0.2, -0.15) is 0 Å². The van der Waals surface area contributed by atoms with Crippen LogP contribution in [0.15, 0.2) is 18.3 Å². The molecule has 0 aliphatic rings. The van der Waals surface area contributed by atoms with E-state index in [1.807, 2.05) is 19.2 Å². The summed E-state index contributed by atoms with van der Waals surface area (Å²) >= 11 is 0. The molecule has 2 heteroatoms. The lowest BCUT2D eigenvalue weighted by Gasteiger charge is -1.97. The van der Waals surface area contributed by atoms with E-state index in [1.54, 1.807) is 0 Å². The molecular formula is C9H10N2. The number of nitrogens with one attached hydrogen (secondary N) is 1. The number of pyridine rings is 1. The van der Waals surface area contributed by atoms with Crippen molar-refractivity contribution in [2.45, 2.75) is 13.8 Å². The summed E-state index contributed by atoms with van der Waals surface area (Å²) in [5.74, 6) is 0. The number of H-pyrrole nitrogens is 1. The number of rotatable bonds is 0. The number of aromatic amines is 1. The van der Waals surface area contributed by atoms with Gasteiger partial charge in [0.25, 0.3) is 0 Å². The SMILES string of the molecule is Cc1cc2[nH]ccc2nc1C. The Hall–Kier alpha value is -1.31. The van der Waals surface area contributed by atoms with Crippen molar-refractivity contribution in [3.8, 4) is 0 Å². The Balaban J connectivity index is 2.86. The maximum Gasteiger partial charge on any atom is 0.0882 e. The lowest BCUT2D eigenvalue weighted by Crippen LogP contribution is -1.85. The molecule has 2 heterocycles. The fourth-order valence-electron chi connectivity index (χ4n) is 1.18.